The van der Waals surface area contributed by atoms with Crippen molar-refractivity contribution in [1.29, 1.82) is 0 Å². The molecule has 0 amide bonds. The van der Waals surface area contributed by atoms with Gasteiger partial charge in [0.15, 0.2) is 11.5 Å². The Morgan fingerprint density at radius 2 is 1.92 bits per heavy atom. The van der Waals surface area contributed by atoms with Crippen molar-refractivity contribution in [3.63, 3.8) is 0 Å². The summed E-state index contributed by atoms with van der Waals surface area (Å²) in [5.74, 6) is 6.22. The van der Waals surface area contributed by atoms with Gasteiger partial charge in [-0.15, -0.1) is 0 Å². The fourth-order valence-electron chi connectivity index (χ4n) is 2.00. The summed E-state index contributed by atoms with van der Waals surface area (Å²) in [5.41, 5.74) is 1.12. The molecule has 0 aliphatic rings. The van der Waals surface area contributed by atoms with Crippen molar-refractivity contribution in [2.75, 3.05) is 18.1 Å². The van der Waals surface area contributed by atoms with E-state index in [1.165, 1.54) is 12.1 Å². The van der Waals surface area contributed by atoms with Crippen LogP contribution in [0.15, 0.2) is 36.4 Å². The molecule has 0 heterocycles. The molecule has 0 unspecified atom stereocenters. The summed E-state index contributed by atoms with van der Waals surface area (Å²) >= 11 is 1.88. The average molecular weight is 454 g/mol. The Hall–Kier alpha value is -2.27. The zero-order chi connectivity index (χ0) is 18.2. The first-order valence-corrected chi connectivity index (χ1v) is 8.99. The SMILES string of the molecule is CCOc1cc(C#Cc2ccc(F)cc2OC(=O)CI)ccc1OC. The van der Waals surface area contributed by atoms with E-state index >= 15 is 0 Å². The normalized spacial score (nSPS) is 9.76. The van der Waals surface area contributed by atoms with Crippen molar-refractivity contribution in [3.05, 3.63) is 53.3 Å². The second-order valence-electron chi connectivity index (χ2n) is 4.80. The molecule has 0 aliphatic carbocycles. The monoisotopic (exact) mass is 454 g/mol. The number of hydrogen-bond donors (Lipinski definition) is 0. The number of carbonyl (C=O) groups is 1. The third kappa shape index (κ3) is 5.36. The zero-order valence-corrected chi connectivity index (χ0v) is 15.9. The van der Waals surface area contributed by atoms with Gasteiger partial charge in [-0.3, -0.25) is 4.79 Å². The number of rotatable bonds is 5. The Morgan fingerprint density at radius 1 is 1.12 bits per heavy atom. The third-order valence-electron chi connectivity index (χ3n) is 3.08. The minimum absolute atomic E-state index is 0.104. The van der Waals surface area contributed by atoms with Gasteiger partial charge in [0.25, 0.3) is 0 Å². The smallest absolute Gasteiger partial charge is 0.321 e. The fourth-order valence-corrected chi connectivity index (χ4v) is 2.15. The van der Waals surface area contributed by atoms with Crippen molar-refractivity contribution in [2.45, 2.75) is 6.92 Å². The van der Waals surface area contributed by atoms with Crippen molar-refractivity contribution >= 4 is 28.6 Å². The standard InChI is InChI=1S/C19H16FIO4/c1-3-24-18-10-13(5-9-16(18)23-2)4-6-14-7-8-15(20)11-17(14)25-19(22)12-21/h5,7-11H,3,12H2,1-2H3. The van der Waals surface area contributed by atoms with Crippen LogP contribution in [0.25, 0.3) is 0 Å². The lowest BCUT2D eigenvalue weighted by Gasteiger charge is -2.09. The number of halogens is 2. The second kappa shape index (κ2) is 9.28. The molecule has 0 atom stereocenters. The highest BCUT2D eigenvalue weighted by Gasteiger charge is 2.09. The zero-order valence-electron chi connectivity index (χ0n) is 13.8. The van der Waals surface area contributed by atoms with Crippen LogP contribution in [0.2, 0.25) is 0 Å². The van der Waals surface area contributed by atoms with E-state index in [-0.39, 0.29) is 10.2 Å². The second-order valence-corrected chi connectivity index (χ2v) is 5.56. The highest BCUT2D eigenvalue weighted by atomic mass is 127. The van der Waals surface area contributed by atoms with Crippen LogP contribution in [0.1, 0.15) is 18.1 Å². The molecule has 0 aromatic heterocycles. The number of ether oxygens (including phenoxy) is 3. The number of carbonyl (C=O) groups excluding carboxylic acids is 1. The Bertz CT molecular complexity index is 824. The highest BCUT2D eigenvalue weighted by molar-refractivity contribution is 14.1. The van der Waals surface area contributed by atoms with Crippen LogP contribution < -0.4 is 14.2 Å². The van der Waals surface area contributed by atoms with E-state index in [0.717, 1.165) is 6.07 Å². The number of hydrogen-bond acceptors (Lipinski definition) is 4. The molecule has 0 saturated heterocycles. The van der Waals surface area contributed by atoms with Crippen molar-refractivity contribution in [1.82, 2.24) is 0 Å². The highest BCUT2D eigenvalue weighted by Crippen LogP contribution is 2.28. The number of methoxy groups -OCH3 is 1. The van der Waals surface area contributed by atoms with Crippen LogP contribution in [-0.2, 0) is 4.79 Å². The molecule has 6 heteroatoms. The third-order valence-corrected chi connectivity index (χ3v) is 3.70. The van der Waals surface area contributed by atoms with E-state index in [1.807, 2.05) is 29.5 Å². The number of benzene rings is 2. The summed E-state index contributed by atoms with van der Waals surface area (Å²) in [6.07, 6.45) is 0. The van der Waals surface area contributed by atoms with Crippen LogP contribution in [0, 0.1) is 17.7 Å². The minimum Gasteiger partial charge on any atom is -0.493 e. The lowest BCUT2D eigenvalue weighted by atomic mass is 10.1. The van der Waals surface area contributed by atoms with Crippen LogP contribution in [0.5, 0.6) is 17.2 Å². The summed E-state index contributed by atoms with van der Waals surface area (Å²) in [6.45, 7) is 2.38. The van der Waals surface area contributed by atoms with E-state index in [1.54, 1.807) is 25.3 Å². The quantitative estimate of drug-likeness (QED) is 0.226. The summed E-state index contributed by atoms with van der Waals surface area (Å²) in [7, 11) is 1.56. The van der Waals surface area contributed by atoms with Crippen molar-refractivity contribution < 1.29 is 23.4 Å². The molecule has 4 nitrogen and oxygen atoms in total. The average Bonchev–Trinajstić information content (AvgIpc) is 2.61. The van der Waals surface area contributed by atoms with Gasteiger partial charge in [-0.25, -0.2) is 4.39 Å². The van der Waals surface area contributed by atoms with Crippen LogP contribution in [-0.4, -0.2) is 24.1 Å². The Balaban J connectivity index is 2.34. The molecule has 0 N–H and O–H groups in total. The number of alkyl halides is 1. The first kappa shape index (κ1) is 19.1. The lowest BCUT2D eigenvalue weighted by molar-refractivity contribution is -0.131. The Kier molecular flexibility index (Phi) is 7.07. The minimum atomic E-state index is -0.495. The van der Waals surface area contributed by atoms with Gasteiger partial charge in [0, 0.05) is 11.6 Å². The van der Waals surface area contributed by atoms with E-state index in [0.29, 0.717) is 29.2 Å². The fraction of sp³-hybridized carbons (Fsp3) is 0.211. The van der Waals surface area contributed by atoms with Gasteiger partial charge in [-0.2, -0.15) is 0 Å². The summed E-state index contributed by atoms with van der Waals surface area (Å²) in [5, 5.41) is 0. The van der Waals surface area contributed by atoms with E-state index in [2.05, 4.69) is 11.8 Å². The van der Waals surface area contributed by atoms with E-state index in [4.69, 9.17) is 14.2 Å². The largest absolute Gasteiger partial charge is 0.493 e. The summed E-state index contributed by atoms with van der Waals surface area (Å²) < 4.78 is 29.5. The van der Waals surface area contributed by atoms with Gasteiger partial charge in [0.05, 0.1) is 23.7 Å². The number of esters is 1. The molecule has 0 fully saturated rings. The summed E-state index contributed by atoms with van der Waals surface area (Å²) in [4.78, 5) is 11.5. The maximum atomic E-state index is 13.4. The molecule has 25 heavy (non-hydrogen) atoms. The van der Waals surface area contributed by atoms with Gasteiger partial charge in [-0.05, 0) is 37.3 Å². The molecule has 2 aromatic rings. The van der Waals surface area contributed by atoms with Gasteiger partial charge in [-0.1, -0.05) is 34.4 Å². The first-order valence-electron chi connectivity index (χ1n) is 7.46. The predicted molar refractivity (Wildman–Crippen MR) is 101 cm³/mol. The van der Waals surface area contributed by atoms with Gasteiger partial charge < -0.3 is 14.2 Å². The van der Waals surface area contributed by atoms with Crippen molar-refractivity contribution in [3.8, 4) is 29.1 Å². The molecule has 0 bridgehead atoms. The van der Waals surface area contributed by atoms with E-state index < -0.39 is 11.8 Å². The van der Waals surface area contributed by atoms with Crippen LogP contribution >= 0.6 is 22.6 Å². The molecule has 2 aromatic carbocycles. The maximum Gasteiger partial charge on any atom is 0.321 e. The van der Waals surface area contributed by atoms with Crippen LogP contribution in [0.4, 0.5) is 4.39 Å². The predicted octanol–water partition coefficient (Wildman–Crippen LogP) is 3.97. The molecule has 130 valence electrons. The maximum absolute atomic E-state index is 13.4. The van der Waals surface area contributed by atoms with Gasteiger partial charge in [0.2, 0.25) is 0 Å². The lowest BCUT2D eigenvalue weighted by Crippen LogP contribution is -2.09. The molecular formula is C19H16FIO4. The molecule has 0 aliphatic heterocycles. The topological polar surface area (TPSA) is 44.8 Å². The Labute approximate surface area is 159 Å². The molecule has 0 spiro atoms. The van der Waals surface area contributed by atoms with Crippen molar-refractivity contribution in [2.24, 2.45) is 0 Å². The Morgan fingerprint density at radius 3 is 2.60 bits per heavy atom. The van der Waals surface area contributed by atoms with Gasteiger partial charge >= 0.3 is 5.97 Å². The van der Waals surface area contributed by atoms with Crippen LogP contribution in [0.3, 0.4) is 0 Å². The first-order chi connectivity index (χ1) is 12.1. The molecular weight excluding hydrogens is 438 g/mol. The summed E-state index contributed by atoms with van der Waals surface area (Å²) in [6, 6.07) is 9.20. The molecule has 0 radical (unpaired) electrons. The molecule has 0 saturated carbocycles. The van der Waals surface area contributed by atoms with Gasteiger partial charge in [0.1, 0.15) is 11.6 Å². The van der Waals surface area contributed by atoms with E-state index in [9.17, 15) is 9.18 Å². The molecule has 2 rings (SSSR count).